The maximum atomic E-state index is 6.83. The van der Waals surface area contributed by atoms with Crippen LogP contribution in [0.15, 0.2) is 104 Å². The highest BCUT2D eigenvalue weighted by Crippen LogP contribution is 2.59. The Kier molecular flexibility index (Phi) is 4.52. The van der Waals surface area contributed by atoms with E-state index >= 15 is 0 Å². The maximum absolute atomic E-state index is 6.83. The molecule has 6 nitrogen and oxygen atoms in total. The van der Waals surface area contributed by atoms with E-state index in [1.807, 2.05) is 35.9 Å². The second-order valence-corrected chi connectivity index (χ2v) is 11.0. The molecule has 0 radical (unpaired) electrons. The number of hydrogen-bond donors (Lipinski definition) is 2. The van der Waals surface area contributed by atoms with Crippen molar-refractivity contribution in [1.29, 1.82) is 0 Å². The Balaban J connectivity index is 1.41. The summed E-state index contributed by atoms with van der Waals surface area (Å²) in [5.41, 5.74) is 2.85. The van der Waals surface area contributed by atoms with E-state index in [2.05, 4.69) is 99.7 Å². The van der Waals surface area contributed by atoms with Crippen molar-refractivity contribution >= 4 is 32.8 Å². The number of fused-ring (bicyclic) bond motifs is 3. The van der Waals surface area contributed by atoms with Crippen molar-refractivity contribution in [3.05, 3.63) is 114 Å². The molecule has 0 saturated heterocycles. The molecular formula is C30H26N4O2S. The van der Waals surface area contributed by atoms with Crippen molar-refractivity contribution in [3.8, 4) is 5.75 Å². The average molecular weight is 507 g/mol. The molecule has 8 rings (SSSR count). The van der Waals surface area contributed by atoms with Crippen LogP contribution in [0, 0.1) is 0 Å². The second kappa shape index (κ2) is 7.95. The molecule has 4 atom stereocenters. The van der Waals surface area contributed by atoms with Gasteiger partial charge in [-0.3, -0.25) is 10.0 Å². The number of nitrogens with zero attached hydrogens (tertiary/aromatic N) is 2. The van der Waals surface area contributed by atoms with Gasteiger partial charge in [0.2, 0.25) is 0 Å². The van der Waals surface area contributed by atoms with Gasteiger partial charge in [0, 0.05) is 28.4 Å². The maximum Gasteiger partial charge on any atom is 0.200 e. The zero-order chi connectivity index (χ0) is 24.4. The van der Waals surface area contributed by atoms with E-state index < -0.39 is 5.54 Å². The molecule has 5 heterocycles. The van der Waals surface area contributed by atoms with Crippen molar-refractivity contribution < 1.29 is 9.47 Å². The quantitative estimate of drug-likeness (QED) is 0.356. The van der Waals surface area contributed by atoms with Gasteiger partial charge in [-0.1, -0.05) is 48.5 Å². The van der Waals surface area contributed by atoms with Gasteiger partial charge in [-0.25, -0.2) is 0 Å². The highest BCUT2D eigenvalue weighted by atomic mass is 32.1. The number of para-hydroxylation sites is 3. The number of rotatable bonds is 4. The lowest BCUT2D eigenvalue weighted by atomic mass is 9.74. The van der Waals surface area contributed by atoms with Gasteiger partial charge in [-0.05, 0) is 47.4 Å². The Hall–Kier alpha value is -4.10. The smallest absolute Gasteiger partial charge is 0.200 e. The molecule has 184 valence electrons. The fraction of sp³-hybridized carbons (Fsp3) is 0.200. The molecule has 4 aromatic rings. The topological polar surface area (TPSA) is 49.0 Å². The molecule has 2 N–H and O–H groups in total. The van der Waals surface area contributed by atoms with Crippen LogP contribution in [0.3, 0.4) is 0 Å². The van der Waals surface area contributed by atoms with E-state index in [1.54, 1.807) is 0 Å². The summed E-state index contributed by atoms with van der Waals surface area (Å²) in [5.74, 6) is 0.880. The lowest BCUT2D eigenvalue weighted by Crippen LogP contribution is -2.70. The van der Waals surface area contributed by atoms with Crippen LogP contribution in [0.4, 0.5) is 11.4 Å². The number of benzene rings is 3. The highest BCUT2D eigenvalue weighted by Gasteiger charge is 2.66. The Bertz CT molecular complexity index is 1500. The number of thiophene rings is 1. The van der Waals surface area contributed by atoms with Gasteiger partial charge >= 0.3 is 0 Å². The van der Waals surface area contributed by atoms with Crippen molar-refractivity contribution in [2.45, 2.75) is 30.2 Å². The highest BCUT2D eigenvalue weighted by molar-refractivity contribution is 7.19. The molecule has 0 bridgehead atoms. The van der Waals surface area contributed by atoms with Crippen LogP contribution in [-0.2, 0) is 4.74 Å². The standard InChI is InChI=1S/C30H26N4O2S/c1-6-13-25-20(8-1)18-26(37-25)28-21-9-2-4-11-23(21)34(33-16-15-31-19-33)30(28,27-14-7-17-35-27)29-32-22-10-3-5-12-24(22)36-29/h1-13,15-18,27-29,31-32H,14,19H2. The van der Waals surface area contributed by atoms with Crippen LogP contribution >= 0.6 is 11.3 Å². The predicted octanol–water partition coefficient (Wildman–Crippen LogP) is 5.97. The molecule has 1 aromatic heterocycles. The minimum absolute atomic E-state index is 0.00631. The molecule has 37 heavy (non-hydrogen) atoms. The molecule has 0 aliphatic carbocycles. The van der Waals surface area contributed by atoms with Crippen molar-refractivity contribution in [2.24, 2.45) is 0 Å². The van der Waals surface area contributed by atoms with E-state index in [0.717, 1.165) is 17.9 Å². The average Bonchev–Trinajstić information content (AvgIpc) is 3.76. The van der Waals surface area contributed by atoms with Crippen LogP contribution in [0.1, 0.15) is 22.8 Å². The van der Waals surface area contributed by atoms with Crippen LogP contribution in [0.5, 0.6) is 5.75 Å². The molecule has 0 saturated carbocycles. The fourth-order valence-corrected chi connectivity index (χ4v) is 7.76. The minimum Gasteiger partial charge on any atom is -0.495 e. The number of hydrogen-bond acceptors (Lipinski definition) is 7. The Morgan fingerprint density at radius 1 is 0.973 bits per heavy atom. The predicted molar refractivity (Wildman–Crippen MR) is 147 cm³/mol. The first-order valence-electron chi connectivity index (χ1n) is 12.7. The summed E-state index contributed by atoms with van der Waals surface area (Å²) in [6.07, 6.45) is 8.41. The van der Waals surface area contributed by atoms with Crippen molar-refractivity contribution in [3.63, 3.8) is 0 Å². The summed E-state index contributed by atoms with van der Waals surface area (Å²) in [6.45, 7) is 0.676. The minimum atomic E-state index is -0.622. The van der Waals surface area contributed by atoms with E-state index in [9.17, 15) is 0 Å². The van der Waals surface area contributed by atoms with E-state index in [1.165, 1.54) is 26.2 Å². The van der Waals surface area contributed by atoms with Gasteiger partial charge < -0.3 is 20.1 Å². The molecule has 3 aromatic carbocycles. The van der Waals surface area contributed by atoms with Gasteiger partial charge in [0.1, 0.15) is 18.5 Å². The SMILES string of the molecule is C1=COC(C2(C3Nc4ccccc4O3)C(c3cc4ccccc4s3)c3ccccc3N2N2C=CNC2)C1. The zero-order valence-corrected chi connectivity index (χ0v) is 20.9. The number of hydrazine groups is 1. The molecule has 4 aliphatic rings. The Labute approximate surface area is 219 Å². The third-order valence-electron chi connectivity index (χ3n) is 7.95. The van der Waals surface area contributed by atoms with E-state index in [0.29, 0.717) is 6.67 Å². The van der Waals surface area contributed by atoms with Gasteiger partial charge in [0.05, 0.1) is 23.6 Å². The first-order chi connectivity index (χ1) is 18.3. The summed E-state index contributed by atoms with van der Waals surface area (Å²) in [4.78, 5) is 1.31. The van der Waals surface area contributed by atoms with Crippen LogP contribution < -0.4 is 20.4 Å². The zero-order valence-electron chi connectivity index (χ0n) is 20.1. The number of ether oxygens (including phenoxy) is 2. The first kappa shape index (κ1) is 21.0. The molecule has 4 unspecified atom stereocenters. The number of anilines is 2. The Morgan fingerprint density at radius 2 is 1.84 bits per heavy atom. The summed E-state index contributed by atoms with van der Waals surface area (Å²) in [7, 11) is 0. The molecule has 0 amide bonds. The molecule has 0 spiro atoms. The Morgan fingerprint density at radius 3 is 2.68 bits per heavy atom. The largest absolute Gasteiger partial charge is 0.495 e. The van der Waals surface area contributed by atoms with Gasteiger partial charge in [0.25, 0.3) is 0 Å². The third kappa shape index (κ3) is 2.92. The molecule has 0 fully saturated rings. The van der Waals surface area contributed by atoms with Gasteiger partial charge in [-0.15, -0.1) is 11.3 Å². The molecule has 4 aliphatic heterocycles. The van der Waals surface area contributed by atoms with Crippen molar-refractivity contribution in [1.82, 2.24) is 10.3 Å². The van der Waals surface area contributed by atoms with Crippen LogP contribution in [0.25, 0.3) is 10.1 Å². The van der Waals surface area contributed by atoms with Gasteiger partial charge in [-0.2, -0.15) is 0 Å². The monoisotopic (exact) mass is 506 g/mol. The third-order valence-corrected chi connectivity index (χ3v) is 9.13. The first-order valence-corrected chi connectivity index (χ1v) is 13.5. The van der Waals surface area contributed by atoms with Gasteiger partial charge in [0.15, 0.2) is 11.8 Å². The van der Waals surface area contributed by atoms with E-state index in [-0.39, 0.29) is 18.2 Å². The molecular weight excluding hydrogens is 480 g/mol. The summed E-state index contributed by atoms with van der Waals surface area (Å²) in [6, 6.07) is 28.0. The summed E-state index contributed by atoms with van der Waals surface area (Å²) < 4.78 is 14.6. The normalized spacial score (nSPS) is 27.1. The fourth-order valence-electron chi connectivity index (χ4n) is 6.50. The lowest BCUT2D eigenvalue weighted by molar-refractivity contribution is -0.00751. The number of nitrogens with one attached hydrogen (secondary N) is 2. The van der Waals surface area contributed by atoms with Crippen molar-refractivity contribution in [2.75, 3.05) is 17.0 Å². The lowest BCUT2D eigenvalue weighted by Gasteiger charge is -2.51. The molecule has 7 heteroatoms. The van der Waals surface area contributed by atoms with Crippen LogP contribution in [0.2, 0.25) is 0 Å². The summed E-state index contributed by atoms with van der Waals surface area (Å²) in [5, 5.41) is 13.1. The van der Waals surface area contributed by atoms with E-state index in [4.69, 9.17) is 9.47 Å². The van der Waals surface area contributed by atoms with Crippen LogP contribution in [-0.4, -0.2) is 29.5 Å². The summed E-state index contributed by atoms with van der Waals surface area (Å²) >= 11 is 1.87. The second-order valence-electron chi connectivity index (χ2n) is 9.87.